The van der Waals surface area contributed by atoms with Gasteiger partial charge in [0, 0.05) is 0 Å². The zero-order valence-corrected chi connectivity index (χ0v) is 18.0. The minimum Gasteiger partial charge on any atom is -0.465 e. The monoisotopic (exact) mass is 438 g/mol. The van der Waals surface area contributed by atoms with Crippen molar-refractivity contribution in [3.05, 3.63) is 82.9 Å². The lowest BCUT2D eigenvalue weighted by Gasteiger charge is -2.04. The molecule has 32 heavy (non-hydrogen) atoms. The first-order valence-corrected chi connectivity index (χ1v) is 9.31. The molecule has 0 aliphatic rings. The fourth-order valence-electron chi connectivity index (χ4n) is 2.74. The molecule has 0 unspecified atom stereocenters. The van der Waals surface area contributed by atoms with Gasteiger partial charge in [0.15, 0.2) is 0 Å². The summed E-state index contributed by atoms with van der Waals surface area (Å²) in [5, 5.41) is 1.73. The lowest BCUT2D eigenvalue weighted by atomic mass is 10.0. The molecule has 0 fully saturated rings. The van der Waals surface area contributed by atoms with E-state index in [4.69, 9.17) is 0 Å². The van der Waals surface area contributed by atoms with E-state index in [1.165, 1.54) is 34.5 Å². The van der Waals surface area contributed by atoms with Crippen molar-refractivity contribution in [2.24, 2.45) is 0 Å². The predicted octanol–water partition coefficient (Wildman–Crippen LogP) is 3.67. The number of hydrogen-bond acceptors (Lipinski definition) is 8. The van der Waals surface area contributed by atoms with Crippen LogP contribution in [0.4, 0.5) is 0 Å². The number of ether oxygens (including phenoxy) is 4. The lowest BCUT2D eigenvalue weighted by molar-refractivity contribution is 0.0586. The number of esters is 4. The van der Waals surface area contributed by atoms with Gasteiger partial charge in [-0.2, -0.15) is 0 Å². The number of methoxy groups -OCH3 is 4. The molecule has 0 atom stereocenters. The SMILES string of the molecule is COC(=O)c1ccc2cc(C(=O)OC)ccc2c1.COC(=O)c1cccc(C(=O)OC)c1. The molecule has 0 saturated heterocycles. The van der Waals surface area contributed by atoms with Gasteiger partial charge in [-0.1, -0.05) is 18.2 Å². The molecule has 0 bridgehead atoms. The second-order valence-corrected chi connectivity index (χ2v) is 6.32. The van der Waals surface area contributed by atoms with E-state index in [0.29, 0.717) is 22.3 Å². The van der Waals surface area contributed by atoms with Gasteiger partial charge in [-0.3, -0.25) is 0 Å². The molecule has 166 valence electrons. The molecule has 0 spiro atoms. The van der Waals surface area contributed by atoms with Gasteiger partial charge in [0.05, 0.1) is 50.7 Å². The summed E-state index contributed by atoms with van der Waals surface area (Å²) in [7, 11) is 5.25. The molecule has 3 aromatic carbocycles. The standard InChI is InChI=1S/C14H12O4.C10H10O4/c1-17-13(15)11-5-3-10-8-12(14(16)18-2)6-4-9(10)7-11;1-13-9(11)7-4-3-5-8(6-7)10(12)14-2/h3-8H,1-2H3;3-6H,1-2H3. The van der Waals surface area contributed by atoms with Gasteiger partial charge < -0.3 is 18.9 Å². The van der Waals surface area contributed by atoms with Gasteiger partial charge in [-0.15, -0.1) is 0 Å². The Morgan fingerprint density at radius 2 is 0.781 bits per heavy atom. The zero-order valence-electron chi connectivity index (χ0n) is 18.0. The Morgan fingerprint density at radius 1 is 0.469 bits per heavy atom. The van der Waals surface area contributed by atoms with Crippen LogP contribution in [0.15, 0.2) is 60.7 Å². The topological polar surface area (TPSA) is 105 Å². The Labute approximate surface area is 184 Å². The van der Waals surface area contributed by atoms with Gasteiger partial charge in [0.25, 0.3) is 0 Å². The molecule has 3 aromatic rings. The summed E-state index contributed by atoms with van der Waals surface area (Å²) in [6.07, 6.45) is 0. The van der Waals surface area contributed by atoms with Crippen molar-refractivity contribution in [1.29, 1.82) is 0 Å². The van der Waals surface area contributed by atoms with E-state index in [2.05, 4.69) is 18.9 Å². The van der Waals surface area contributed by atoms with Crippen LogP contribution in [0.3, 0.4) is 0 Å². The summed E-state index contributed by atoms with van der Waals surface area (Å²) in [6.45, 7) is 0. The fourth-order valence-corrected chi connectivity index (χ4v) is 2.74. The van der Waals surface area contributed by atoms with Crippen LogP contribution in [0.5, 0.6) is 0 Å². The summed E-state index contributed by atoms with van der Waals surface area (Å²) in [6, 6.07) is 16.5. The Hall–Kier alpha value is -4.20. The molecule has 0 aliphatic carbocycles. The van der Waals surface area contributed by atoms with Crippen LogP contribution in [0, 0.1) is 0 Å². The van der Waals surface area contributed by atoms with Crippen molar-refractivity contribution >= 4 is 34.6 Å². The van der Waals surface area contributed by atoms with Gasteiger partial charge in [-0.25, -0.2) is 19.2 Å². The number of fused-ring (bicyclic) bond motifs is 1. The molecule has 0 radical (unpaired) electrons. The van der Waals surface area contributed by atoms with E-state index in [0.717, 1.165) is 10.8 Å². The number of rotatable bonds is 4. The molecule has 0 aromatic heterocycles. The molecular formula is C24H22O8. The third kappa shape index (κ3) is 5.91. The minimum atomic E-state index is -0.476. The highest BCUT2D eigenvalue weighted by Crippen LogP contribution is 2.19. The zero-order chi connectivity index (χ0) is 23.7. The second kappa shape index (κ2) is 11.3. The largest absolute Gasteiger partial charge is 0.465 e. The summed E-state index contributed by atoms with van der Waals surface area (Å²) in [4.78, 5) is 45.0. The molecule has 0 heterocycles. The van der Waals surface area contributed by atoms with Crippen molar-refractivity contribution in [2.45, 2.75) is 0 Å². The predicted molar refractivity (Wildman–Crippen MR) is 116 cm³/mol. The second-order valence-electron chi connectivity index (χ2n) is 6.32. The molecule has 0 aliphatic heterocycles. The molecular weight excluding hydrogens is 416 g/mol. The Kier molecular flexibility index (Phi) is 8.47. The highest BCUT2D eigenvalue weighted by Gasteiger charge is 2.10. The highest BCUT2D eigenvalue weighted by atomic mass is 16.5. The third-order valence-corrected chi connectivity index (χ3v) is 4.39. The van der Waals surface area contributed by atoms with Crippen LogP contribution in [0.1, 0.15) is 41.4 Å². The summed E-state index contributed by atoms with van der Waals surface area (Å²) < 4.78 is 18.3. The number of carbonyl (C=O) groups excluding carboxylic acids is 4. The minimum absolute atomic E-state index is 0.329. The van der Waals surface area contributed by atoms with E-state index in [-0.39, 0.29) is 11.9 Å². The normalized spacial score (nSPS) is 9.75. The van der Waals surface area contributed by atoms with E-state index < -0.39 is 11.9 Å². The highest BCUT2D eigenvalue weighted by molar-refractivity contribution is 5.99. The third-order valence-electron chi connectivity index (χ3n) is 4.39. The van der Waals surface area contributed by atoms with Crippen molar-refractivity contribution < 1.29 is 38.1 Å². The van der Waals surface area contributed by atoms with Gasteiger partial charge in [0.1, 0.15) is 0 Å². The molecule has 0 saturated carbocycles. The fraction of sp³-hybridized carbons (Fsp3) is 0.167. The average molecular weight is 438 g/mol. The first kappa shape index (κ1) is 24.1. The van der Waals surface area contributed by atoms with Crippen LogP contribution in [-0.4, -0.2) is 52.3 Å². The average Bonchev–Trinajstić information content (AvgIpc) is 2.86. The van der Waals surface area contributed by atoms with Crippen molar-refractivity contribution in [1.82, 2.24) is 0 Å². The van der Waals surface area contributed by atoms with Gasteiger partial charge in [-0.05, 0) is 53.2 Å². The van der Waals surface area contributed by atoms with E-state index in [1.54, 1.807) is 54.6 Å². The van der Waals surface area contributed by atoms with Crippen LogP contribution < -0.4 is 0 Å². The van der Waals surface area contributed by atoms with Crippen molar-refractivity contribution in [3.8, 4) is 0 Å². The van der Waals surface area contributed by atoms with E-state index in [9.17, 15) is 19.2 Å². The summed E-state index contributed by atoms with van der Waals surface area (Å²) >= 11 is 0. The Bertz CT molecular complexity index is 1060. The van der Waals surface area contributed by atoms with Crippen molar-refractivity contribution in [2.75, 3.05) is 28.4 Å². The van der Waals surface area contributed by atoms with Crippen LogP contribution >= 0.6 is 0 Å². The maximum absolute atomic E-state index is 11.4. The van der Waals surface area contributed by atoms with Crippen molar-refractivity contribution in [3.63, 3.8) is 0 Å². The van der Waals surface area contributed by atoms with Gasteiger partial charge >= 0.3 is 23.9 Å². The first-order chi connectivity index (χ1) is 15.3. The molecule has 3 rings (SSSR count). The summed E-state index contributed by atoms with van der Waals surface area (Å²) in [5.41, 5.74) is 1.62. The lowest BCUT2D eigenvalue weighted by Crippen LogP contribution is -2.05. The summed E-state index contributed by atoms with van der Waals surface area (Å²) in [5.74, 6) is -1.71. The number of hydrogen-bond donors (Lipinski definition) is 0. The Balaban J connectivity index is 0.000000235. The maximum Gasteiger partial charge on any atom is 0.337 e. The molecule has 0 N–H and O–H groups in total. The van der Waals surface area contributed by atoms with E-state index in [1.807, 2.05) is 0 Å². The van der Waals surface area contributed by atoms with Crippen LogP contribution in [0.25, 0.3) is 10.8 Å². The van der Waals surface area contributed by atoms with Gasteiger partial charge in [0.2, 0.25) is 0 Å². The quantitative estimate of drug-likeness (QED) is 0.449. The molecule has 0 amide bonds. The maximum atomic E-state index is 11.4. The number of benzene rings is 3. The molecule has 8 heteroatoms. The first-order valence-electron chi connectivity index (χ1n) is 9.31. The Morgan fingerprint density at radius 3 is 1.09 bits per heavy atom. The van der Waals surface area contributed by atoms with E-state index >= 15 is 0 Å². The van der Waals surface area contributed by atoms with Crippen LogP contribution in [-0.2, 0) is 18.9 Å². The smallest absolute Gasteiger partial charge is 0.337 e. The number of carbonyl (C=O) groups is 4. The van der Waals surface area contributed by atoms with Crippen LogP contribution in [0.2, 0.25) is 0 Å². The molecule has 8 nitrogen and oxygen atoms in total.